The van der Waals surface area contributed by atoms with Gasteiger partial charge in [-0.05, 0) is 30.5 Å². The second-order valence-corrected chi connectivity index (χ2v) is 8.58. The first kappa shape index (κ1) is 20.5. The number of thioether (sulfide) groups is 1. The van der Waals surface area contributed by atoms with E-state index < -0.39 is 0 Å². The number of hydrogen-bond acceptors (Lipinski definition) is 7. The molecule has 2 aromatic heterocycles. The summed E-state index contributed by atoms with van der Waals surface area (Å²) in [6, 6.07) is 3.65. The first-order valence-electron chi connectivity index (χ1n) is 8.95. The molecule has 1 amide bonds. The van der Waals surface area contributed by atoms with Gasteiger partial charge in [0.1, 0.15) is 15.8 Å². The maximum Gasteiger partial charge on any atom is 0.267 e. The van der Waals surface area contributed by atoms with Gasteiger partial charge in [0, 0.05) is 19.3 Å². The molecule has 2 N–H and O–H groups in total. The van der Waals surface area contributed by atoms with Crippen LogP contribution in [0.2, 0.25) is 0 Å². The third kappa shape index (κ3) is 3.96. The minimum absolute atomic E-state index is 0.106. The van der Waals surface area contributed by atoms with Gasteiger partial charge < -0.3 is 10.4 Å². The second kappa shape index (κ2) is 8.42. The second-order valence-electron chi connectivity index (χ2n) is 6.90. The number of nitrogens with one attached hydrogen (secondary N) is 1. The molecular weight excluding hydrogens is 396 g/mol. The largest absolute Gasteiger partial charge is 0.395 e. The van der Waals surface area contributed by atoms with Crippen LogP contribution in [0, 0.1) is 12.8 Å². The zero-order valence-corrected chi connectivity index (χ0v) is 17.6. The lowest BCUT2D eigenvalue weighted by Gasteiger charge is -2.16. The number of amides is 1. The Morgan fingerprint density at radius 2 is 2.14 bits per heavy atom. The summed E-state index contributed by atoms with van der Waals surface area (Å²) in [5.74, 6) is 0.410. The Morgan fingerprint density at radius 1 is 1.39 bits per heavy atom. The highest BCUT2D eigenvalue weighted by molar-refractivity contribution is 8.26. The Labute approximate surface area is 172 Å². The van der Waals surface area contributed by atoms with Gasteiger partial charge in [-0.3, -0.25) is 18.9 Å². The fraction of sp³-hybridized carbons (Fsp3) is 0.368. The highest BCUT2D eigenvalue weighted by atomic mass is 32.2. The first-order valence-corrected chi connectivity index (χ1v) is 10.2. The van der Waals surface area contributed by atoms with Gasteiger partial charge in [-0.15, -0.1) is 0 Å². The number of carbonyl (C=O) groups excluding carboxylic acids is 1. The van der Waals surface area contributed by atoms with Crippen molar-refractivity contribution in [3.63, 3.8) is 0 Å². The van der Waals surface area contributed by atoms with Gasteiger partial charge in [0.15, 0.2) is 0 Å². The summed E-state index contributed by atoms with van der Waals surface area (Å²) in [7, 11) is 0. The predicted octanol–water partition coefficient (Wildman–Crippen LogP) is 2.26. The molecule has 3 heterocycles. The maximum atomic E-state index is 13.1. The van der Waals surface area contributed by atoms with E-state index in [1.54, 1.807) is 23.2 Å². The van der Waals surface area contributed by atoms with Gasteiger partial charge in [-0.2, -0.15) is 0 Å². The quantitative estimate of drug-likeness (QED) is 0.550. The molecule has 148 valence electrons. The number of carbonyl (C=O) groups is 1. The molecule has 3 rings (SSSR count). The summed E-state index contributed by atoms with van der Waals surface area (Å²) in [5, 5.41) is 12.1. The van der Waals surface area contributed by atoms with Crippen LogP contribution in [0.4, 0.5) is 5.82 Å². The Balaban J connectivity index is 2.13. The molecule has 0 aromatic carbocycles. The fourth-order valence-electron chi connectivity index (χ4n) is 2.90. The number of rotatable bonds is 6. The molecule has 0 radical (unpaired) electrons. The van der Waals surface area contributed by atoms with Gasteiger partial charge in [-0.1, -0.05) is 43.9 Å². The molecule has 2 aromatic rings. The third-order valence-corrected chi connectivity index (χ3v) is 5.56. The zero-order valence-electron chi connectivity index (χ0n) is 15.9. The molecule has 0 bridgehead atoms. The third-order valence-electron chi connectivity index (χ3n) is 4.19. The predicted molar refractivity (Wildman–Crippen MR) is 116 cm³/mol. The molecule has 1 saturated heterocycles. The fourth-order valence-corrected chi connectivity index (χ4v) is 4.16. The summed E-state index contributed by atoms with van der Waals surface area (Å²) >= 11 is 6.52. The van der Waals surface area contributed by atoms with Crippen LogP contribution in [-0.4, -0.2) is 49.3 Å². The van der Waals surface area contributed by atoms with Crippen LogP contribution in [0.5, 0.6) is 0 Å². The van der Waals surface area contributed by atoms with Crippen molar-refractivity contribution in [2.45, 2.75) is 20.8 Å². The number of thiocarbonyl (C=S) groups is 1. The lowest BCUT2D eigenvalue weighted by molar-refractivity contribution is -0.122. The number of aliphatic hydroxyl groups is 1. The van der Waals surface area contributed by atoms with Gasteiger partial charge in [0.2, 0.25) is 0 Å². The Kier molecular flexibility index (Phi) is 6.17. The molecule has 1 fully saturated rings. The van der Waals surface area contributed by atoms with Crippen LogP contribution in [0.15, 0.2) is 28.0 Å². The number of anilines is 1. The van der Waals surface area contributed by atoms with Gasteiger partial charge in [0.25, 0.3) is 11.5 Å². The van der Waals surface area contributed by atoms with E-state index in [2.05, 4.69) is 10.3 Å². The molecule has 28 heavy (non-hydrogen) atoms. The molecule has 0 saturated carbocycles. The molecule has 0 atom stereocenters. The normalized spacial score (nSPS) is 16.0. The van der Waals surface area contributed by atoms with Crippen molar-refractivity contribution in [3.05, 3.63) is 44.7 Å². The molecule has 0 spiro atoms. The van der Waals surface area contributed by atoms with Crippen molar-refractivity contribution in [1.82, 2.24) is 14.3 Å². The minimum Gasteiger partial charge on any atom is -0.395 e. The molecule has 0 unspecified atom stereocenters. The average molecular weight is 419 g/mol. The smallest absolute Gasteiger partial charge is 0.267 e. The van der Waals surface area contributed by atoms with E-state index in [1.165, 1.54) is 16.2 Å². The number of pyridine rings is 1. The lowest BCUT2D eigenvalue weighted by Crippen LogP contribution is -2.31. The zero-order chi connectivity index (χ0) is 20.4. The highest BCUT2D eigenvalue weighted by Crippen LogP contribution is 2.33. The summed E-state index contributed by atoms with van der Waals surface area (Å²) in [6.07, 6.45) is 3.19. The van der Waals surface area contributed by atoms with Crippen molar-refractivity contribution in [2.24, 2.45) is 5.92 Å². The molecule has 7 nitrogen and oxygen atoms in total. The van der Waals surface area contributed by atoms with Crippen LogP contribution in [-0.2, 0) is 4.79 Å². The molecule has 1 aliphatic heterocycles. The Morgan fingerprint density at radius 3 is 2.82 bits per heavy atom. The van der Waals surface area contributed by atoms with E-state index in [9.17, 15) is 9.59 Å². The number of aliphatic hydroxyl groups excluding tert-OH is 1. The summed E-state index contributed by atoms with van der Waals surface area (Å²) in [5.41, 5.74) is 1.35. The first-order chi connectivity index (χ1) is 13.3. The summed E-state index contributed by atoms with van der Waals surface area (Å²) in [6.45, 7) is 6.57. The standard InChI is InChI=1S/C19H22N4O3S2/c1-11(2)10-23-18(26)14(28-19(23)27)9-13-15(20-6-8-24)21-16-12(3)5-4-7-22(16)17(13)25/h4-5,7,9,11,20,24H,6,8,10H2,1-3H3/b14-9-. The number of nitrogens with zero attached hydrogens (tertiary/aromatic N) is 3. The lowest BCUT2D eigenvalue weighted by atomic mass is 10.2. The van der Waals surface area contributed by atoms with Crippen LogP contribution >= 0.6 is 24.0 Å². The Hall–Kier alpha value is -2.23. The van der Waals surface area contributed by atoms with Gasteiger partial charge in [0.05, 0.1) is 17.1 Å². The number of fused-ring (bicyclic) bond motifs is 1. The molecule has 1 aliphatic rings. The van der Waals surface area contributed by atoms with Crippen molar-refractivity contribution in [3.8, 4) is 0 Å². The van der Waals surface area contributed by atoms with E-state index in [0.717, 1.165) is 5.56 Å². The van der Waals surface area contributed by atoms with E-state index >= 15 is 0 Å². The van der Waals surface area contributed by atoms with Crippen molar-refractivity contribution < 1.29 is 9.90 Å². The van der Waals surface area contributed by atoms with Crippen molar-refractivity contribution >= 4 is 51.7 Å². The monoisotopic (exact) mass is 418 g/mol. The summed E-state index contributed by atoms with van der Waals surface area (Å²) < 4.78 is 1.94. The van der Waals surface area contributed by atoms with Gasteiger partial charge >= 0.3 is 0 Å². The number of aromatic nitrogens is 2. The average Bonchev–Trinajstić information content (AvgIpc) is 2.90. The maximum absolute atomic E-state index is 13.1. The SMILES string of the molecule is Cc1cccn2c(=O)c(/C=C3\SC(=S)N(CC(C)C)C3=O)c(NCCO)nc12. The van der Waals surface area contributed by atoms with E-state index in [1.807, 2.05) is 26.8 Å². The number of hydrogen-bond donors (Lipinski definition) is 2. The van der Waals surface area contributed by atoms with Crippen LogP contribution in [0.1, 0.15) is 25.0 Å². The van der Waals surface area contributed by atoms with E-state index in [4.69, 9.17) is 17.3 Å². The number of aryl methyl sites for hydroxylation is 1. The van der Waals surface area contributed by atoms with Crippen LogP contribution in [0.3, 0.4) is 0 Å². The van der Waals surface area contributed by atoms with Crippen molar-refractivity contribution in [2.75, 3.05) is 25.0 Å². The molecular formula is C19H22N4O3S2. The topological polar surface area (TPSA) is 86.9 Å². The van der Waals surface area contributed by atoms with Gasteiger partial charge in [-0.25, -0.2) is 4.98 Å². The summed E-state index contributed by atoms with van der Waals surface area (Å²) in [4.78, 5) is 32.4. The van der Waals surface area contributed by atoms with E-state index in [-0.39, 0.29) is 36.1 Å². The van der Waals surface area contributed by atoms with Crippen molar-refractivity contribution in [1.29, 1.82) is 0 Å². The molecule has 0 aliphatic carbocycles. The van der Waals surface area contributed by atoms with Crippen LogP contribution in [0.25, 0.3) is 11.7 Å². The van der Waals surface area contributed by atoms with Crippen LogP contribution < -0.4 is 10.9 Å². The van der Waals surface area contributed by atoms with E-state index in [0.29, 0.717) is 27.2 Å². The minimum atomic E-state index is -0.289. The highest BCUT2D eigenvalue weighted by Gasteiger charge is 2.32. The Bertz CT molecular complexity index is 1030. The molecule has 9 heteroatoms.